The lowest BCUT2D eigenvalue weighted by molar-refractivity contribution is -0.124. The molecule has 0 atom stereocenters. The molecule has 3 heteroatoms. The fraction of sp³-hybridized carbons (Fsp3) is 0.471. The van der Waals surface area contributed by atoms with Gasteiger partial charge in [-0.05, 0) is 31.0 Å². The average molecular weight is 271 g/mol. The van der Waals surface area contributed by atoms with Crippen LogP contribution in [0.15, 0.2) is 30.5 Å². The van der Waals surface area contributed by atoms with Gasteiger partial charge < -0.3 is 9.30 Å². The summed E-state index contributed by atoms with van der Waals surface area (Å²) in [6.07, 6.45) is 7.83. The molecule has 1 aromatic carbocycles. The Morgan fingerprint density at radius 3 is 2.80 bits per heavy atom. The molecule has 3 rings (SSSR count). The second-order valence-corrected chi connectivity index (χ2v) is 5.64. The van der Waals surface area contributed by atoms with E-state index in [1.807, 2.05) is 30.5 Å². The SMILES string of the molecule is COc1cccc2c1ccn2CC(=O)C1CCCCC1. The monoisotopic (exact) mass is 271 g/mol. The predicted octanol–water partition coefficient (Wildman–Crippen LogP) is 3.80. The summed E-state index contributed by atoms with van der Waals surface area (Å²) < 4.78 is 7.41. The highest BCUT2D eigenvalue weighted by molar-refractivity contribution is 5.88. The summed E-state index contributed by atoms with van der Waals surface area (Å²) >= 11 is 0. The van der Waals surface area contributed by atoms with Crippen LogP contribution in [0.2, 0.25) is 0 Å². The molecule has 20 heavy (non-hydrogen) atoms. The number of methoxy groups -OCH3 is 1. The number of carbonyl (C=O) groups is 1. The van der Waals surface area contributed by atoms with Crippen molar-refractivity contribution >= 4 is 16.7 Å². The number of benzene rings is 1. The Bertz CT molecular complexity index is 608. The predicted molar refractivity (Wildman–Crippen MR) is 80.1 cm³/mol. The molecule has 1 aromatic heterocycles. The minimum Gasteiger partial charge on any atom is -0.496 e. The molecular weight excluding hydrogens is 250 g/mol. The van der Waals surface area contributed by atoms with Crippen LogP contribution in [0.25, 0.3) is 10.9 Å². The van der Waals surface area contributed by atoms with Crippen molar-refractivity contribution in [2.45, 2.75) is 38.6 Å². The van der Waals surface area contributed by atoms with Gasteiger partial charge in [-0.2, -0.15) is 0 Å². The van der Waals surface area contributed by atoms with E-state index in [2.05, 4.69) is 4.57 Å². The smallest absolute Gasteiger partial charge is 0.155 e. The first kappa shape index (κ1) is 13.2. The van der Waals surface area contributed by atoms with Crippen LogP contribution in [0.5, 0.6) is 5.75 Å². The number of ether oxygens (including phenoxy) is 1. The molecular formula is C17H21NO2. The van der Waals surface area contributed by atoms with Crippen molar-refractivity contribution in [3.8, 4) is 5.75 Å². The van der Waals surface area contributed by atoms with Crippen molar-refractivity contribution in [3.05, 3.63) is 30.5 Å². The molecule has 0 bridgehead atoms. The first-order valence-electron chi connectivity index (χ1n) is 7.44. The number of ketones is 1. The largest absolute Gasteiger partial charge is 0.496 e. The lowest BCUT2D eigenvalue weighted by Crippen LogP contribution is -2.22. The highest BCUT2D eigenvalue weighted by Crippen LogP contribution is 2.28. The van der Waals surface area contributed by atoms with Crippen LogP contribution in [0.1, 0.15) is 32.1 Å². The molecule has 0 unspecified atom stereocenters. The van der Waals surface area contributed by atoms with Gasteiger partial charge in [-0.25, -0.2) is 0 Å². The molecule has 0 radical (unpaired) electrons. The fourth-order valence-corrected chi connectivity index (χ4v) is 3.23. The van der Waals surface area contributed by atoms with E-state index in [0.717, 1.165) is 29.5 Å². The highest BCUT2D eigenvalue weighted by Gasteiger charge is 2.21. The number of nitrogens with zero attached hydrogens (tertiary/aromatic N) is 1. The number of rotatable bonds is 4. The lowest BCUT2D eigenvalue weighted by atomic mass is 9.86. The van der Waals surface area contributed by atoms with Gasteiger partial charge in [0.2, 0.25) is 0 Å². The molecule has 0 N–H and O–H groups in total. The van der Waals surface area contributed by atoms with Crippen molar-refractivity contribution in [2.24, 2.45) is 5.92 Å². The molecule has 3 nitrogen and oxygen atoms in total. The second-order valence-electron chi connectivity index (χ2n) is 5.64. The third-order valence-corrected chi connectivity index (χ3v) is 4.38. The van der Waals surface area contributed by atoms with E-state index in [1.165, 1.54) is 19.3 Å². The van der Waals surface area contributed by atoms with Crippen molar-refractivity contribution in [3.63, 3.8) is 0 Å². The maximum atomic E-state index is 12.4. The Morgan fingerprint density at radius 2 is 2.05 bits per heavy atom. The van der Waals surface area contributed by atoms with Crippen molar-refractivity contribution in [1.82, 2.24) is 4.57 Å². The number of carbonyl (C=O) groups excluding carboxylic acids is 1. The van der Waals surface area contributed by atoms with E-state index in [-0.39, 0.29) is 5.92 Å². The van der Waals surface area contributed by atoms with Crippen LogP contribution in [0.3, 0.4) is 0 Å². The van der Waals surface area contributed by atoms with Gasteiger partial charge in [-0.15, -0.1) is 0 Å². The van der Waals surface area contributed by atoms with Crippen LogP contribution in [-0.2, 0) is 11.3 Å². The zero-order chi connectivity index (χ0) is 13.9. The van der Waals surface area contributed by atoms with E-state index in [4.69, 9.17) is 4.74 Å². The van der Waals surface area contributed by atoms with Gasteiger partial charge in [0, 0.05) is 17.5 Å². The van der Waals surface area contributed by atoms with Gasteiger partial charge in [0.25, 0.3) is 0 Å². The van der Waals surface area contributed by atoms with E-state index in [0.29, 0.717) is 12.3 Å². The van der Waals surface area contributed by atoms with E-state index >= 15 is 0 Å². The van der Waals surface area contributed by atoms with Gasteiger partial charge >= 0.3 is 0 Å². The highest BCUT2D eigenvalue weighted by atomic mass is 16.5. The molecule has 0 aliphatic heterocycles. The minimum absolute atomic E-state index is 0.270. The van der Waals surface area contributed by atoms with Crippen LogP contribution in [-0.4, -0.2) is 17.5 Å². The summed E-state index contributed by atoms with van der Waals surface area (Å²) in [5.74, 6) is 1.52. The van der Waals surface area contributed by atoms with E-state index in [1.54, 1.807) is 7.11 Å². The van der Waals surface area contributed by atoms with Gasteiger partial charge in [-0.1, -0.05) is 25.3 Å². The summed E-state index contributed by atoms with van der Waals surface area (Å²) in [6, 6.07) is 8.01. The first-order chi connectivity index (χ1) is 9.79. The Morgan fingerprint density at radius 1 is 1.25 bits per heavy atom. The number of Topliss-reactive ketones (excluding diaryl/α,β-unsaturated/α-hetero) is 1. The maximum Gasteiger partial charge on any atom is 0.155 e. The summed E-state index contributed by atoms with van der Waals surface area (Å²) in [5.41, 5.74) is 1.08. The number of aromatic nitrogens is 1. The topological polar surface area (TPSA) is 31.2 Å². The van der Waals surface area contributed by atoms with Crippen molar-refractivity contribution in [2.75, 3.05) is 7.11 Å². The van der Waals surface area contributed by atoms with Crippen molar-refractivity contribution < 1.29 is 9.53 Å². The van der Waals surface area contributed by atoms with Gasteiger partial charge in [0.05, 0.1) is 19.2 Å². The third-order valence-electron chi connectivity index (χ3n) is 4.38. The Hall–Kier alpha value is -1.77. The Kier molecular flexibility index (Phi) is 3.77. The summed E-state index contributed by atoms with van der Waals surface area (Å²) in [5, 5.41) is 1.08. The first-order valence-corrected chi connectivity index (χ1v) is 7.44. The van der Waals surface area contributed by atoms with Crippen LogP contribution < -0.4 is 4.74 Å². The molecule has 106 valence electrons. The Labute approximate surface area is 119 Å². The quantitative estimate of drug-likeness (QED) is 0.847. The molecule has 1 heterocycles. The molecule has 1 saturated carbocycles. The minimum atomic E-state index is 0.270. The average Bonchev–Trinajstić information content (AvgIpc) is 2.91. The summed E-state index contributed by atoms with van der Waals surface area (Å²) in [7, 11) is 1.68. The van der Waals surface area contributed by atoms with Gasteiger partial charge in [0.15, 0.2) is 5.78 Å². The van der Waals surface area contributed by atoms with Crippen LogP contribution in [0.4, 0.5) is 0 Å². The Balaban J connectivity index is 1.82. The normalized spacial score (nSPS) is 16.4. The fourth-order valence-electron chi connectivity index (χ4n) is 3.23. The molecule has 0 saturated heterocycles. The van der Waals surface area contributed by atoms with Gasteiger partial charge in [0.1, 0.15) is 5.75 Å². The second kappa shape index (κ2) is 5.70. The number of hydrogen-bond donors (Lipinski definition) is 0. The molecule has 2 aromatic rings. The summed E-state index contributed by atoms with van der Waals surface area (Å²) in [6.45, 7) is 0.487. The number of hydrogen-bond acceptors (Lipinski definition) is 2. The zero-order valence-corrected chi connectivity index (χ0v) is 12.0. The number of fused-ring (bicyclic) bond motifs is 1. The standard InChI is InChI=1S/C17H21NO2/c1-20-17-9-5-8-15-14(17)10-11-18(15)12-16(19)13-6-3-2-4-7-13/h5,8-11,13H,2-4,6-7,12H2,1H3. The lowest BCUT2D eigenvalue weighted by Gasteiger charge is -2.20. The molecule has 1 aliphatic carbocycles. The summed E-state index contributed by atoms with van der Waals surface area (Å²) in [4.78, 5) is 12.4. The van der Waals surface area contributed by atoms with Gasteiger partial charge in [-0.3, -0.25) is 4.79 Å². The molecule has 1 fully saturated rings. The van der Waals surface area contributed by atoms with E-state index in [9.17, 15) is 4.79 Å². The van der Waals surface area contributed by atoms with Crippen LogP contribution >= 0.6 is 0 Å². The van der Waals surface area contributed by atoms with Crippen molar-refractivity contribution in [1.29, 1.82) is 0 Å². The van der Waals surface area contributed by atoms with Crippen LogP contribution in [0, 0.1) is 5.92 Å². The molecule has 1 aliphatic rings. The zero-order valence-electron chi connectivity index (χ0n) is 12.0. The maximum absolute atomic E-state index is 12.4. The molecule has 0 amide bonds. The van der Waals surface area contributed by atoms with E-state index < -0.39 is 0 Å². The molecule has 0 spiro atoms. The third kappa shape index (κ3) is 2.45.